The molecule has 0 amide bonds. The number of carboxylic acids is 1. The number of aliphatic hydroxyl groups is 3. The number of hydrogen-bond acceptors (Lipinski definition) is 9. The van der Waals surface area contributed by atoms with E-state index in [-0.39, 0.29) is 36.3 Å². The number of aliphatic carboxylic acids is 1. The van der Waals surface area contributed by atoms with Gasteiger partial charge in [0.05, 0.1) is 29.3 Å². The van der Waals surface area contributed by atoms with E-state index < -0.39 is 41.6 Å². The molecule has 0 aromatic carbocycles. The summed E-state index contributed by atoms with van der Waals surface area (Å²) >= 11 is 0. The zero-order chi connectivity index (χ0) is 29.9. The molecule has 0 aliphatic carbocycles. The third-order valence-electron chi connectivity index (χ3n) is 8.69. The van der Waals surface area contributed by atoms with E-state index in [1.54, 1.807) is 20.8 Å². The molecule has 2 rings (SSSR count). The van der Waals surface area contributed by atoms with E-state index >= 15 is 0 Å². The topological polar surface area (TPSA) is 135 Å². The lowest BCUT2D eigenvalue weighted by Crippen LogP contribution is -2.52. The summed E-state index contributed by atoms with van der Waals surface area (Å²) in [6.07, 6.45) is 0.313. The van der Waals surface area contributed by atoms with E-state index in [2.05, 4.69) is 11.8 Å². The Morgan fingerprint density at radius 1 is 1.08 bits per heavy atom. The lowest BCUT2D eigenvalue weighted by molar-refractivity contribution is -0.228. The number of hydrogen-bond donors (Lipinski definition) is 4. The molecule has 2 aliphatic heterocycles. The predicted octanol–water partition coefficient (Wildman–Crippen LogP) is 2.53. The fourth-order valence-electron chi connectivity index (χ4n) is 6.46. The van der Waals surface area contributed by atoms with E-state index in [9.17, 15) is 25.2 Å². The van der Waals surface area contributed by atoms with Crippen molar-refractivity contribution in [2.24, 2.45) is 17.8 Å². The molecule has 2 saturated heterocycles. The second-order valence-electron chi connectivity index (χ2n) is 13.2. The van der Waals surface area contributed by atoms with Gasteiger partial charge < -0.3 is 44.4 Å². The monoisotopic (exact) mass is 560 g/mol. The maximum Gasteiger partial charge on any atom is 0.308 e. The van der Waals surface area contributed by atoms with Gasteiger partial charge in [-0.1, -0.05) is 27.2 Å². The maximum absolute atomic E-state index is 12.0. The Morgan fingerprint density at radius 3 is 2.23 bits per heavy atom. The smallest absolute Gasteiger partial charge is 0.308 e. The first kappa shape index (κ1) is 34.4. The van der Waals surface area contributed by atoms with Crippen molar-refractivity contribution in [3.05, 3.63) is 0 Å². The van der Waals surface area contributed by atoms with Crippen LogP contribution in [0.1, 0.15) is 80.6 Å². The molecule has 2 heterocycles. The van der Waals surface area contributed by atoms with Crippen LogP contribution in [0.25, 0.3) is 0 Å². The molecule has 0 aromatic heterocycles. The van der Waals surface area contributed by atoms with Crippen molar-refractivity contribution >= 4 is 5.97 Å². The Kier molecular flexibility index (Phi) is 12.2. The van der Waals surface area contributed by atoms with Crippen LogP contribution in [0, 0.1) is 17.8 Å². The first-order valence-corrected chi connectivity index (χ1v) is 14.6. The van der Waals surface area contributed by atoms with Crippen LogP contribution >= 0.6 is 0 Å². The Balaban J connectivity index is 1.99. The van der Waals surface area contributed by atoms with Crippen LogP contribution in [0.15, 0.2) is 0 Å². The van der Waals surface area contributed by atoms with Gasteiger partial charge in [0.1, 0.15) is 6.10 Å². The van der Waals surface area contributed by atoms with Crippen molar-refractivity contribution in [3.63, 3.8) is 0 Å². The number of nitrogens with zero attached hydrogens (tertiary/aromatic N) is 2. The molecule has 10 heteroatoms. The van der Waals surface area contributed by atoms with Crippen molar-refractivity contribution in [2.45, 2.75) is 135 Å². The number of likely N-dealkylation sites (N-methyl/N-ethyl adjacent to an activating group) is 2. The number of rotatable bonds is 17. The fraction of sp³-hybridized carbons (Fsp3) is 0.966. The summed E-state index contributed by atoms with van der Waals surface area (Å²) in [7, 11) is 5.88. The second kappa shape index (κ2) is 13.9. The van der Waals surface area contributed by atoms with Gasteiger partial charge in [-0.25, -0.2) is 0 Å². The first-order chi connectivity index (χ1) is 17.9. The van der Waals surface area contributed by atoms with Gasteiger partial charge in [0.15, 0.2) is 12.6 Å². The van der Waals surface area contributed by atoms with Crippen molar-refractivity contribution in [1.82, 2.24) is 9.80 Å². The molecule has 0 saturated carbocycles. The number of aliphatic hydroxyl groups excluding tert-OH is 1. The molecular formula is C29H56N2O8. The largest absolute Gasteiger partial charge is 0.481 e. The molecule has 0 aromatic rings. The highest BCUT2D eigenvalue weighted by Crippen LogP contribution is 2.39. The average molecular weight is 561 g/mol. The van der Waals surface area contributed by atoms with Gasteiger partial charge in [0.25, 0.3) is 0 Å². The number of carboxylic acid groups (broad SMARTS) is 1. The average Bonchev–Trinajstić information content (AvgIpc) is 3.58. The molecule has 230 valence electrons. The van der Waals surface area contributed by atoms with Crippen LogP contribution < -0.4 is 0 Å². The summed E-state index contributed by atoms with van der Waals surface area (Å²) in [4.78, 5) is 16.1. The van der Waals surface area contributed by atoms with E-state index in [0.717, 1.165) is 6.42 Å². The van der Waals surface area contributed by atoms with Gasteiger partial charge in [-0.3, -0.25) is 4.79 Å². The highest BCUT2D eigenvalue weighted by molar-refractivity contribution is 5.70. The van der Waals surface area contributed by atoms with Crippen LogP contribution in [0.4, 0.5) is 0 Å². The lowest BCUT2D eigenvalue weighted by atomic mass is 9.80. The SMILES string of the molecule is CCC[C@@](C)(O)[C@H](O)[C@@H](C)N(C)C[C@H](C)C[C@@](C)(O)C[C@@H](C)C(OC1CC(N(C)C)C2OC2O1)[C@@H](C)C(=O)O. The second-order valence-corrected chi connectivity index (χ2v) is 13.2. The van der Waals surface area contributed by atoms with Gasteiger partial charge in [0.2, 0.25) is 0 Å². The number of epoxide rings is 1. The maximum atomic E-state index is 12.0. The molecule has 5 unspecified atom stereocenters. The van der Waals surface area contributed by atoms with Crippen molar-refractivity contribution in [3.8, 4) is 0 Å². The van der Waals surface area contributed by atoms with Crippen molar-refractivity contribution in [1.29, 1.82) is 0 Å². The van der Waals surface area contributed by atoms with Crippen LogP contribution in [0.5, 0.6) is 0 Å². The Hall–Kier alpha value is -0.850. The lowest BCUT2D eigenvalue weighted by Gasteiger charge is -2.40. The Labute approximate surface area is 235 Å². The molecule has 4 N–H and O–H groups in total. The standard InChI is InChI=1S/C29H56N2O8/c1-11-12-29(7,36)25(32)20(5)31(10)16-17(2)14-28(6,35)15-18(3)23(19(4)26(33)34)37-22-13-21(30(8)9)24-27(38-22)39-24/h17-25,27,32,35-36H,11-16H2,1-10H3,(H,33,34)/t17-,18-,19-,20-,21?,22?,23?,24?,25-,27?,28-,29-/m1/s1. The summed E-state index contributed by atoms with van der Waals surface area (Å²) in [6.45, 7) is 13.6. The molecule has 2 aliphatic rings. The van der Waals surface area contributed by atoms with Gasteiger partial charge >= 0.3 is 5.97 Å². The molecule has 0 spiro atoms. The summed E-state index contributed by atoms with van der Waals surface area (Å²) in [5.74, 6) is -1.89. The minimum atomic E-state index is -1.16. The molecule has 0 radical (unpaired) electrons. The van der Waals surface area contributed by atoms with Crippen LogP contribution in [0.3, 0.4) is 0 Å². The van der Waals surface area contributed by atoms with E-state index in [1.165, 1.54) is 0 Å². The summed E-state index contributed by atoms with van der Waals surface area (Å²) in [5, 5.41) is 42.6. The molecular weight excluding hydrogens is 504 g/mol. The summed E-state index contributed by atoms with van der Waals surface area (Å²) < 4.78 is 17.8. The Bertz CT molecular complexity index is 778. The summed E-state index contributed by atoms with van der Waals surface area (Å²) in [5.41, 5.74) is -2.22. The van der Waals surface area contributed by atoms with Gasteiger partial charge in [0, 0.05) is 25.0 Å². The van der Waals surface area contributed by atoms with Crippen molar-refractivity contribution in [2.75, 3.05) is 27.7 Å². The number of carbonyl (C=O) groups is 1. The number of fused-ring (bicyclic) bond motifs is 1. The molecule has 10 nitrogen and oxygen atoms in total. The third kappa shape index (κ3) is 9.60. The first-order valence-electron chi connectivity index (χ1n) is 14.6. The zero-order valence-electron chi connectivity index (χ0n) is 25.8. The Morgan fingerprint density at radius 2 is 1.69 bits per heavy atom. The van der Waals surface area contributed by atoms with E-state index in [0.29, 0.717) is 32.2 Å². The highest BCUT2D eigenvalue weighted by Gasteiger charge is 2.54. The van der Waals surface area contributed by atoms with Crippen LogP contribution in [-0.4, -0.2) is 118 Å². The molecule has 0 bridgehead atoms. The van der Waals surface area contributed by atoms with E-state index in [4.69, 9.17) is 14.2 Å². The highest BCUT2D eigenvalue weighted by atomic mass is 16.8. The zero-order valence-corrected chi connectivity index (χ0v) is 25.8. The van der Waals surface area contributed by atoms with Crippen LogP contribution in [0.2, 0.25) is 0 Å². The quantitative estimate of drug-likeness (QED) is 0.197. The third-order valence-corrected chi connectivity index (χ3v) is 8.69. The number of ether oxygens (including phenoxy) is 3. The van der Waals surface area contributed by atoms with E-state index in [1.807, 2.05) is 46.8 Å². The normalized spacial score (nSPS) is 30.9. The fourth-order valence-corrected chi connectivity index (χ4v) is 6.46. The van der Waals surface area contributed by atoms with Crippen LogP contribution in [-0.2, 0) is 19.0 Å². The van der Waals surface area contributed by atoms with Crippen molar-refractivity contribution < 1.29 is 39.4 Å². The summed E-state index contributed by atoms with van der Waals surface area (Å²) in [6, 6.07) is -0.124. The molecule has 12 atom stereocenters. The van der Waals surface area contributed by atoms with Gasteiger partial charge in [-0.05, 0) is 79.9 Å². The molecule has 2 fully saturated rings. The van der Waals surface area contributed by atoms with Gasteiger partial charge in [-0.15, -0.1) is 0 Å². The minimum absolute atomic E-state index is 0.0228. The van der Waals surface area contributed by atoms with Gasteiger partial charge in [-0.2, -0.15) is 0 Å². The predicted molar refractivity (Wildman–Crippen MR) is 149 cm³/mol. The molecule has 39 heavy (non-hydrogen) atoms. The minimum Gasteiger partial charge on any atom is -0.481 e.